The Morgan fingerprint density at radius 1 is 1.29 bits per heavy atom. The van der Waals surface area contributed by atoms with E-state index in [0.717, 1.165) is 37.6 Å². The minimum Gasteiger partial charge on any atom is -0.356 e. The Morgan fingerprint density at radius 2 is 1.95 bits per heavy atom. The second kappa shape index (κ2) is 8.05. The van der Waals surface area contributed by atoms with Crippen LogP contribution in [0.2, 0.25) is 0 Å². The molecular formula is C16H31N5. The molecule has 1 heterocycles. The maximum absolute atomic E-state index is 4.54. The van der Waals surface area contributed by atoms with Gasteiger partial charge in [0.2, 0.25) is 0 Å². The van der Waals surface area contributed by atoms with Crippen LogP contribution in [0.25, 0.3) is 0 Å². The average Bonchev–Trinajstić information content (AvgIpc) is 2.84. The summed E-state index contributed by atoms with van der Waals surface area (Å²) in [6.07, 6.45) is 4.06. The minimum atomic E-state index is 0.343. The third-order valence-electron chi connectivity index (χ3n) is 3.26. The predicted octanol–water partition coefficient (Wildman–Crippen LogP) is 2.61. The van der Waals surface area contributed by atoms with Gasteiger partial charge >= 0.3 is 0 Å². The molecule has 0 spiro atoms. The molecule has 0 aliphatic rings. The Labute approximate surface area is 129 Å². The summed E-state index contributed by atoms with van der Waals surface area (Å²) in [5, 5.41) is 11.2. The Hall–Kier alpha value is -1.52. The lowest BCUT2D eigenvalue weighted by atomic mass is 9.92. The van der Waals surface area contributed by atoms with Crippen molar-refractivity contribution in [2.24, 2.45) is 10.4 Å². The summed E-state index contributed by atoms with van der Waals surface area (Å²) in [4.78, 5) is 4.24. The van der Waals surface area contributed by atoms with Crippen molar-refractivity contribution in [1.29, 1.82) is 0 Å². The molecule has 0 aliphatic carbocycles. The van der Waals surface area contributed by atoms with Crippen molar-refractivity contribution in [3.63, 3.8) is 0 Å². The summed E-state index contributed by atoms with van der Waals surface area (Å²) in [5.41, 5.74) is 1.46. The molecule has 0 saturated carbocycles. The average molecular weight is 293 g/mol. The summed E-state index contributed by atoms with van der Waals surface area (Å²) >= 11 is 0. The summed E-state index contributed by atoms with van der Waals surface area (Å²) in [6.45, 7) is 12.8. The van der Waals surface area contributed by atoms with Crippen LogP contribution >= 0.6 is 0 Å². The van der Waals surface area contributed by atoms with Gasteiger partial charge in [0.1, 0.15) is 0 Å². The normalized spacial score (nSPS) is 12.8. The first-order valence-corrected chi connectivity index (χ1v) is 7.80. The van der Waals surface area contributed by atoms with E-state index < -0.39 is 0 Å². The Morgan fingerprint density at radius 3 is 2.48 bits per heavy atom. The number of rotatable bonds is 6. The fourth-order valence-corrected chi connectivity index (χ4v) is 1.88. The van der Waals surface area contributed by atoms with Crippen molar-refractivity contribution in [2.75, 3.05) is 20.1 Å². The summed E-state index contributed by atoms with van der Waals surface area (Å²) in [5.74, 6) is 0.863. The highest BCUT2D eigenvalue weighted by atomic mass is 15.3. The van der Waals surface area contributed by atoms with Crippen LogP contribution in [0, 0.1) is 5.41 Å². The minimum absolute atomic E-state index is 0.343. The molecule has 0 fully saturated rings. The van der Waals surface area contributed by atoms with Gasteiger partial charge in [-0.15, -0.1) is 0 Å². The molecule has 5 nitrogen and oxygen atoms in total. The first-order valence-electron chi connectivity index (χ1n) is 7.80. The topological polar surface area (TPSA) is 54.2 Å². The molecular weight excluding hydrogens is 262 g/mol. The maximum atomic E-state index is 4.54. The number of aromatic nitrogens is 2. The zero-order valence-electron chi connectivity index (χ0n) is 14.4. The van der Waals surface area contributed by atoms with Gasteiger partial charge in [0.05, 0.1) is 5.69 Å². The number of nitrogens with zero attached hydrogens (tertiary/aromatic N) is 3. The third kappa shape index (κ3) is 7.16. The molecule has 0 unspecified atom stereocenters. The third-order valence-corrected chi connectivity index (χ3v) is 3.26. The second-order valence-electron chi connectivity index (χ2n) is 6.87. The SMILES string of the molecule is CN=C(NCCc1ccn(C(C)C)n1)NCCC(C)(C)C. The summed E-state index contributed by atoms with van der Waals surface area (Å²) in [6, 6.07) is 2.50. The number of hydrogen-bond acceptors (Lipinski definition) is 2. The monoisotopic (exact) mass is 293 g/mol. The van der Waals surface area contributed by atoms with Gasteiger partial charge in [-0.3, -0.25) is 9.67 Å². The lowest BCUT2D eigenvalue weighted by Gasteiger charge is -2.19. The Balaban J connectivity index is 2.28. The van der Waals surface area contributed by atoms with Crippen molar-refractivity contribution in [3.05, 3.63) is 18.0 Å². The quantitative estimate of drug-likeness (QED) is 0.626. The lowest BCUT2D eigenvalue weighted by molar-refractivity contribution is 0.377. The van der Waals surface area contributed by atoms with Gasteiger partial charge in [0.15, 0.2) is 5.96 Å². The Kier molecular flexibility index (Phi) is 6.72. The maximum Gasteiger partial charge on any atom is 0.190 e. The van der Waals surface area contributed by atoms with E-state index in [1.807, 2.05) is 10.9 Å². The molecule has 1 aromatic heterocycles. The molecule has 1 rings (SSSR count). The zero-order valence-corrected chi connectivity index (χ0v) is 14.4. The molecule has 0 bridgehead atoms. The number of guanidine groups is 1. The van der Waals surface area contributed by atoms with Crippen LogP contribution in [0.3, 0.4) is 0 Å². The van der Waals surface area contributed by atoms with Crippen molar-refractivity contribution in [2.45, 2.75) is 53.5 Å². The number of hydrogen-bond donors (Lipinski definition) is 2. The largest absolute Gasteiger partial charge is 0.356 e. The molecule has 0 aromatic carbocycles. The molecule has 0 saturated heterocycles. The zero-order chi connectivity index (χ0) is 15.9. The molecule has 0 atom stereocenters. The first-order chi connectivity index (χ1) is 9.81. The number of aliphatic imine (C=N–C) groups is 1. The molecule has 0 amide bonds. The van der Waals surface area contributed by atoms with Gasteiger partial charge in [-0.25, -0.2) is 0 Å². The molecule has 120 valence electrons. The Bertz CT molecular complexity index is 440. The molecule has 21 heavy (non-hydrogen) atoms. The van der Waals surface area contributed by atoms with Crippen LogP contribution in [0.4, 0.5) is 0 Å². The van der Waals surface area contributed by atoms with Crippen LogP contribution in [-0.2, 0) is 6.42 Å². The number of nitrogens with one attached hydrogen (secondary N) is 2. The summed E-state index contributed by atoms with van der Waals surface area (Å²) < 4.78 is 1.99. The second-order valence-corrected chi connectivity index (χ2v) is 6.87. The van der Waals surface area contributed by atoms with Crippen LogP contribution in [0.15, 0.2) is 17.3 Å². The van der Waals surface area contributed by atoms with Crippen molar-refractivity contribution in [3.8, 4) is 0 Å². The molecule has 0 radical (unpaired) electrons. The van der Waals surface area contributed by atoms with E-state index in [9.17, 15) is 0 Å². The highest BCUT2D eigenvalue weighted by molar-refractivity contribution is 5.79. The highest BCUT2D eigenvalue weighted by Gasteiger charge is 2.09. The van der Waals surface area contributed by atoms with Gasteiger partial charge in [0.25, 0.3) is 0 Å². The van der Waals surface area contributed by atoms with Crippen molar-refractivity contribution in [1.82, 2.24) is 20.4 Å². The van der Waals surface area contributed by atoms with E-state index in [1.54, 1.807) is 7.05 Å². The standard InChI is InChI=1S/C16H31N5/c1-13(2)21-12-8-14(20-21)7-10-18-15(17-6)19-11-9-16(3,4)5/h8,12-13H,7,9-11H2,1-6H3,(H2,17,18,19). The first kappa shape index (κ1) is 17.5. The van der Waals surface area contributed by atoms with Crippen LogP contribution in [0.1, 0.15) is 52.8 Å². The van der Waals surface area contributed by atoms with E-state index in [2.05, 4.69) is 61.4 Å². The molecule has 5 heteroatoms. The van der Waals surface area contributed by atoms with E-state index in [4.69, 9.17) is 0 Å². The molecule has 1 aromatic rings. The summed E-state index contributed by atoms with van der Waals surface area (Å²) in [7, 11) is 1.81. The smallest absolute Gasteiger partial charge is 0.190 e. The van der Waals surface area contributed by atoms with Gasteiger partial charge in [-0.2, -0.15) is 5.10 Å². The van der Waals surface area contributed by atoms with Crippen molar-refractivity contribution >= 4 is 5.96 Å². The fourth-order valence-electron chi connectivity index (χ4n) is 1.88. The fraction of sp³-hybridized carbons (Fsp3) is 0.750. The van der Waals surface area contributed by atoms with Crippen LogP contribution in [-0.4, -0.2) is 35.9 Å². The van der Waals surface area contributed by atoms with E-state index in [-0.39, 0.29) is 0 Å². The van der Waals surface area contributed by atoms with Gasteiger partial charge in [0, 0.05) is 38.8 Å². The van der Waals surface area contributed by atoms with Crippen LogP contribution in [0.5, 0.6) is 0 Å². The van der Waals surface area contributed by atoms with E-state index >= 15 is 0 Å². The lowest BCUT2D eigenvalue weighted by Crippen LogP contribution is -2.39. The van der Waals surface area contributed by atoms with Crippen molar-refractivity contribution < 1.29 is 0 Å². The van der Waals surface area contributed by atoms with Crippen LogP contribution < -0.4 is 10.6 Å². The van der Waals surface area contributed by atoms with Gasteiger partial charge in [-0.05, 0) is 31.7 Å². The molecule has 0 aliphatic heterocycles. The highest BCUT2D eigenvalue weighted by Crippen LogP contribution is 2.16. The van der Waals surface area contributed by atoms with E-state index in [1.165, 1.54) is 0 Å². The van der Waals surface area contributed by atoms with Gasteiger partial charge < -0.3 is 10.6 Å². The predicted molar refractivity (Wildman–Crippen MR) is 89.8 cm³/mol. The van der Waals surface area contributed by atoms with E-state index in [0.29, 0.717) is 11.5 Å². The molecule has 2 N–H and O–H groups in total. The van der Waals surface area contributed by atoms with Gasteiger partial charge in [-0.1, -0.05) is 20.8 Å².